The molecule has 0 unspecified atom stereocenters. The Morgan fingerprint density at radius 2 is 1.83 bits per heavy atom. The van der Waals surface area contributed by atoms with Gasteiger partial charge in [-0.1, -0.05) is 23.7 Å². The first-order chi connectivity index (χ1) is 11.5. The lowest BCUT2D eigenvalue weighted by Gasteiger charge is -2.20. The van der Waals surface area contributed by atoms with Crippen molar-refractivity contribution in [2.45, 2.75) is 20.0 Å². The number of rotatable bonds is 4. The van der Waals surface area contributed by atoms with E-state index in [1.165, 1.54) is 0 Å². The zero-order valence-corrected chi connectivity index (χ0v) is 14.2. The van der Waals surface area contributed by atoms with Crippen molar-refractivity contribution in [3.8, 4) is 17.2 Å². The molecule has 5 nitrogen and oxygen atoms in total. The minimum atomic E-state index is -0.301. The number of carbonyl (C=O) groups excluding carboxylic acids is 1. The average Bonchev–Trinajstić information content (AvgIpc) is 2.55. The highest BCUT2D eigenvalue weighted by Gasteiger charge is 2.18. The molecule has 2 aromatic carbocycles. The average molecular weight is 348 g/mol. The van der Waals surface area contributed by atoms with E-state index in [1.807, 2.05) is 19.9 Å². The van der Waals surface area contributed by atoms with Crippen molar-refractivity contribution in [1.29, 1.82) is 0 Å². The first-order valence-corrected chi connectivity index (χ1v) is 8.08. The predicted molar refractivity (Wildman–Crippen MR) is 92.6 cm³/mol. The molecule has 1 N–H and O–H groups in total. The maximum absolute atomic E-state index is 12.6. The van der Waals surface area contributed by atoms with Gasteiger partial charge in [-0.05, 0) is 26.0 Å². The molecule has 126 valence electrons. The van der Waals surface area contributed by atoms with Crippen LogP contribution in [0.15, 0.2) is 36.4 Å². The SMILES string of the molecule is CC(C)Oc1ccccc1C(=O)Nc1cc2c(cc1Cl)OCCO2. The molecule has 6 heteroatoms. The topological polar surface area (TPSA) is 56.8 Å². The molecule has 0 aromatic heterocycles. The van der Waals surface area contributed by atoms with Gasteiger partial charge in [-0.15, -0.1) is 0 Å². The predicted octanol–water partition coefficient (Wildman–Crippen LogP) is 4.15. The maximum atomic E-state index is 12.6. The summed E-state index contributed by atoms with van der Waals surface area (Å²) in [7, 11) is 0. The third-order valence-corrected chi connectivity index (χ3v) is 3.69. The molecule has 0 saturated heterocycles. The van der Waals surface area contributed by atoms with Gasteiger partial charge in [0.05, 0.1) is 22.4 Å². The minimum Gasteiger partial charge on any atom is -0.490 e. The van der Waals surface area contributed by atoms with Crippen LogP contribution < -0.4 is 19.5 Å². The van der Waals surface area contributed by atoms with Crippen molar-refractivity contribution >= 4 is 23.2 Å². The number of hydrogen-bond acceptors (Lipinski definition) is 4. The highest BCUT2D eigenvalue weighted by molar-refractivity contribution is 6.34. The summed E-state index contributed by atoms with van der Waals surface area (Å²) in [6, 6.07) is 10.4. The molecule has 24 heavy (non-hydrogen) atoms. The van der Waals surface area contributed by atoms with E-state index in [1.54, 1.807) is 30.3 Å². The van der Waals surface area contributed by atoms with Crippen LogP contribution in [0.2, 0.25) is 5.02 Å². The van der Waals surface area contributed by atoms with E-state index >= 15 is 0 Å². The van der Waals surface area contributed by atoms with Crippen molar-refractivity contribution in [2.75, 3.05) is 18.5 Å². The van der Waals surface area contributed by atoms with Crippen LogP contribution in [-0.2, 0) is 0 Å². The molecular weight excluding hydrogens is 330 g/mol. The molecule has 1 amide bonds. The number of halogens is 1. The molecule has 0 atom stereocenters. The van der Waals surface area contributed by atoms with Gasteiger partial charge in [0, 0.05) is 12.1 Å². The molecule has 3 rings (SSSR count). The molecule has 2 aromatic rings. The summed E-state index contributed by atoms with van der Waals surface area (Å²) in [6.07, 6.45) is -0.0307. The van der Waals surface area contributed by atoms with Gasteiger partial charge >= 0.3 is 0 Å². The number of benzene rings is 2. The summed E-state index contributed by atoms with van der Waals surface area (Å²) in [5.41, 5.74) is 0.905. The minimum absolute atomic E-state index is 0.0307. The Kier molecular flexibility index (Phi) is 4.81. The maximum Gasteiger partial charge on any atom is 0.259 e. The fourth-order valence-corrected chi connectivity index (χ4v) is 2.56. The molecule has 1 aliphatic rings. The van der Waals surface area contributed by atoms with Gasteiger partial charge in [0.2, 0.25) is 0 Å². The number of ether oxygens (including phenoxy) is 3. The first kappa shape index (κ1) is 16.5. The van der Waals surface area contributed by atoms with E-state index in [0.29, 0.717) is 46.7 Å². The second kappa shape index (κ2) is 7.01. The van der Waals surface area contributed by atoms with Crippen molar-refractivity contribution in [2.24, 2.45) is 0 Å². The lowest BCUT2D eigenvalue weighted by atomic mass is 10.1. The molecule has 0 spiro atoms. The molecule has 0 aliphatic carbocycles. The summed E-state index contributed by atoms with van der Waals surface area (Å²) in [6.45, 7) is 4.76. The molecule has 0 fully saturated rings. The smallest absolute Gasteiger partial charge is 0.259 e. The zero-order valence-electron chi connectivity index (χ0n) is 13.5. The van der Waals surface area contributed by atoms with Crippen LogP contribution in [0, 0.1) is 0 Å². The summed E-state index contributed by atoms with van der Waals surface area (Å²) < 4.78 is 16.7. The van der Waals surface area contributed by atoms with Crippen molar-refractivity contribution in [1.82, 2.24) is 0 Å². The summed E-state index contributed by atoms with van der Waals surface area (Å²) in [4.78, 5) is 12.6. The van der Waals surface area contributed by atoms with E-state index in [-0.39, 0.29) is 12.0 Å². The number of nitrogens with one attached hydrogen (secondary N) is 1. The molecule has 1 heterocycles. The van der Waals surface area contributed by atoms with Gasteiger partial charge in [-0.3, -0.25) is 4.79 Å². The summed E-state index contributed by atoms with van der Waals surface area (Å²) >= 11 is 6.24. The zero-order chi connectivity index (χ0) is 17.1. The number of amides is 1. The molecule has 0 saturated carbocycles. The lowest BCUT2D eigenvalue weighted by Crippen LogP contribution is -2.18. The van der Waals surface area contributed by atoms with Gasteiger partial charge in [-0.2, -0.15) is 0 Å². The Balaban J connectivity index is 1.85. The third kappa shape index (κ3) is 3.57. The highest BCUT2D eigenvalue weighted by Crippen LogP contribution is 2.38. The van der Waals surface area contributed by atoms with E-state index < -0.39 is 0 Å². The van der Waals surface area contributed by atoms with Crippen LogP contribution in [0.3, 0.4) is 0 Å². The molecular formula is C18H18ClNO4. The number of fused-ring (bicyclic) bond motifs is 1. The number of carbonyl (C=O) groups is 1. The van der Waals surface area contributed by atoms with Gasteiger partial charge in [0.25, 0.3) is 5.91 Å². The van der Waals surface area contributed by atoms with Crippen molar-refractivity contribution in [3.63, 3.8) is 0 Å². The Bertz CT molecular complexity index is 761. The summed E-state index contributed by atoms with van der Waals surface area (Å²) in [5, 5.41) is 3.19. The monoisotopic (exact) mass is 347 g/mol. The van der Waals surface area contributed by atoms with Gasteiger partial charge < -0.3 is 19.5 Å². The molecule has 0 bridgehead atoms. The van der Waals surface area contributed by atoms with E-state index in [9.17, 15) is 4.79 Å². The largest absolute Gasteiger partial charge is 0.490 e. The quantitative estimate of drug-likeness (QED) is 0.902. The Morgan fingerprint density at radius 1 is 1.17 bits per heavy atom. The first-order valence-electron chi connectivity index (χ1n) is 7.71. The Morgan fingerprint density at radius 3 is 2.54 bits per heavy atom. The standard InChI is InChI=1S/C18H18ClNO4/c1-11(2)24-15-6-4-3-5-12(15)18(21)20-14-10-17-16(9-13(14)19)22-7-8-23-17/h3-6,9-11H,7-8H2,1-2H3,(H,20,21). The third-order valence-electron chi connectivity index (χ3n) is 3.37. The van der Waals surface area contributed by atoms with E-state index in [0.717, 1.165) is 0 Å². The second-order valence-corrected chi connectivity index (χ2v) is 6.00. The second-order valence-electron chi connectivity index (χ2n) is 5.59. The lowest BCUT2D eigenvalue weighted by molar-refractivity contribution is 0.102. The van der Waals surface area contributed by atoms with Crippen LogP contribution in [-0.4, -0.2) is 25.2 Å². The Labute approximate surface area is 145 Å². The van der Waals surface area contributed by atoms with Crippen molar-refractivity contribution < 1.29 is 19.0 Å². The number of para-hydroxylation sites is 1. The number of hydrogen-bond donors (Lipinski definition) is 1. The van der Waals surface area contributed by atoms with Gasteiger partial charge in [0.1, 0.15) is 19.0 Å². The fraction of sp³-hybridized carbons (Fsp3) is 0.278. The molecule has 0 radical (unpaired) electrons. The van der Waals surface area contributed by atoms with Crippen molar-refractivity contribution in [3.05, 3.63) is 47.0 Å². The van der Waals surface area contributed by atoms with Crippen LogP contribution in [0.1, 0.15) is 24.2 Å². The van der Waals surface area contributed by atoms with Crippen LogP contribution in [0.4, 0.5) is 5.69 Å². The fourth-order valence-electron chi connectivity index (χ4n) is 2.36. The normalized spacial score (nSPS) is 12.8. The van der Waals surface area contributed by atoms with Crippen LogP contribution in [0.5, 0.6) is 17.2 Å². The number of anilines is 1. The van der Waals surface area contributed by atoms with Crippen LogP contribution >= 0.6 is 11.6 Å². The van der Waals surface area contributed by atoms with Gasteiger partial charge in [-0.25, -0.2) is 0 Å². The van der Waals surface area contributed by atoms with E-state index in [4.69, 9.17) is 25.8 Å². The van der Waals surface area contributed by atoms with Crippen LogP contribution in [0.25, 0.3) is 0 Å². The highest BCUT2D eigenvalue weighted by atomic mass is 35.5. The summed E-state index contributed by atoms with van der Waals surface area (Å²) in [5.74, 6) is 1.36. The van der Waals surface area contributed by atoms with E-state index in [2.05, 4.69) is 5.32 Å². The Hall–Kier alpha value is -2.40. The molecule has 1 aliphatic heterocycles. The van der Waals surface area contributed by atoms with Gasteiger partial charge in [0.15, 0.2) is 11.5 Å².